The minimum Gasteiger partial charge on any atom is -0.467 e. The average molecular weight is 309 g/mol. The van der Waals surface area contributed by atoms with Crippen LogP contribution in [-0.4, -0.2) is 55.4 Å². The molecular formula is C15H19NO4S. The predicted octanol–water partition coefficient (Wildman–Crippen LogP) is 1.49. The Hall–Kier alpha value is -1.53. The normalized spacial score (nSPS) is 18.4. The van der Waals surface area contributed by atoms with Gasteiger partial charge in [0.2, 0.25) is 5.91 Å². The van der Waals surface area contributed by atoms with Crippen LogP contribution in [0.5, 0.6) is 0 Å². The molecule has 6 heteroatoms. The first-order valence-corrected chi connectivity index (χ1v) is 7.75. The van der Waals surface area contributed by atoms with Crippen LogP contribution in [0.15, 0.2) is 29.2 Å². The van der Waals surface area contributed by atoms with Crippen molar-refractivity contribution in [3.8, 4) is 0 Å². The SMILES string of the molecule is COC(=O)C1CN(C(=O)CSc2ccc(C)cc2)CCO1. The molecule has 0 N–H and O–H groups in total. The molecule has 1 amide bonds. The number of rotatable bonds is 4. The van der Waals surface area contributed by atoms with Crippen molar-refractivity contribution in [3.05, 3.63) is 29.8 Å². The number of morpholine rings is 1. The third-order valence-corrected chi connectivity index (χ3v) is 4.26. The Labute approximate surface area is 128 Å². The van der Waals surface area contributed by atoms with Gasteiger partial charge >= 0.3 is 5.97 Å². The van der Waals surface area contributed by atoms with E-state index in [9.17, 15) is 9.59 Å². The fourth-order valence-electron chi connectivity index (χ4n) is 2.02. The van der Waals surface area contributed by atoms with Crippen molar-refractivity contribution >= 4 is 23.6 Å². The van der Waals surface area contributed by atoms with E-state index < -0.39 is 12.1 Å². The molecule has 0 saturated carbocycles. The second-order valence-corrected chi connectivity index (χ2v) is 5.87. The molecule has 21 heavy (non-hydrogen) atoms. The van der Waals surface area contributed by atoms with Crippen molar-refractivity contribution in [2.24, 2.45) is 0 Å². The highest BCUT2D eigenvalue weighted by Gasteiger charge is 2.29. The highest BCUT2D eigenvalue weighted by Crippen LogP contribution is 2.19. The zero-order chi connectivity index (χ0) is 15.2. The van der Waals surface area contributed by atoms with E-state index in [2.05, 4.69) is 4.74 Å². The molecule has 1 heterocycles. The second kappa shape index (κ2) is 7.47. The highest BCUT2D eigenvalue weighted by atomic mass is 32.2. The zero-order valence-electron chi connectivity index (χ0n) is 12.2. The van der Waals surface area contributed by atoms with Gasteiger partial charge in [0.25, 0.3) is 0 Å². The molecule has 1 saturated heterocycles. The number of aryl methyl sites for hydroxylation is 1. The number of hydrogen-bond donors (Lipinski definition) is 0. The lowest BCUT2D eigenvalue weighted by molar-refractivity contribution is -0.161. The Morgan fingerprint density at radius 2 is 2.10 bits per heavy atom. The topological polar surface area (TPSA) is 55.8 Å². The van der Waals surface area contributed by atoms with E-state index in [1.165, 1.54) is 24.4 Å². The molecular weight excluding hydrogens is 290 g/mol. The van der Waals surface area contributed by atoms with E-state index in [4.69, 9.17) is 4.74 Å². The van der Waals surface area contributed by atoms with Crippen molar-refractivity contribution in [1.29, 1.82) is 0 Å². The summed E-state index contributed by atoms with van der Waals surface area (Å²) >= 11 is 1.50. The second-order valence-electron chi connectivity index (χ2n) is 4.82. The van der Waals surface area contributed by atoms with Gasteiger partial charge in [-0.15, -0.1) is 11.8 Å². The van der Waals surface area contributed by atoms with Crippen LogP contribution in [0.4, 0.5) is 0 Å². The molecule has 1 aliphatic rings. The molecule has 1 fully saturated rings. The number of esters is 1. The first-order valence-electron chi connectivity index (χ1n) is 6.77. The summed E-state index contributed by atoms with van der Waals surface area (Å²) in [5, 5.41) is 0. The van der Waals surface area contributed by atoms with Crippen LogP contribution in [0.3, 0.4) is 0 Å². The molecule has 5 nitrogen and oxygen atoms in total. The first-order chi connectivity index (χ1) is 10.1. The number of benzene rings is 1. The Kier molecular flexibility index (Phi) is 5.64. The Bertz CT molecular complexity index is 503. The maximum Gasteiger partial charge on any atom is 0.336 e. The molecule has 2 rings (SSSR count). The average Bonchev–Trinajstić information content (AvgIpc) is 2.53. The summed E-state index contributed by atoms with van der Waals surface area (Å²) in [5.41, 5.74) is 1.19. The van der Waals surface area contributed by atoms with Gasteiger partial charge in [-0.1, -0.05) is 17.7 Å². The van der Waals surface area contributed by atoms with E-state index in [0.717, 1.165) is 4.90 Å². The number of methoxy groups -OCH3 is 1. The maximum absolute atomic E-state index is 12.2. The molecule has 0 bridgehead atoms. The fraction of sp³-hybridized carbons (Fsp3) is 0.467. The number of thioether (sulfide) groups is 1. The fourth-order valence-corrected chi connectivity index (χ4v) is 2.82. The van der Waals surface area contributed by atoms with Crippen LogP contribution >= 0.6 is 11.8 Å². The predicted molar refractivity (Wildman–Crippen MR) is 80.2 cm³/mol. The number of hydrogen-bond acceptors (Lipinski definition) is 5. The lowest BCUT2D eigenvalue weighted by atomic mass is 10.2. The third kappa shape index (κ3) is 4.47. The van der Waals surface area contributed by atoms with Crippen molar-refractivity contribution in [1.82, 2.24) is 4.90 Å². The summed E-state index contributed by atoms with van der Waals surface area (Å²) in [6.45, 7) is 3.17. The van der Waals surface area contributed by atoms with Gasteiger partial charge in [-0.2, -0.15) is 0 Å². The van der Waals surface area contributed by atoms with Gasteiger partial charge in [-0.05, 0) is 19.1 Å². The van der Waals surface area contributed by atoms with Gasteiger partial charge in [-0.25, -0.2) is 4.79 Å². The molecule has 1 aliphatic heterocycles. The van der Waals surface area contributed by atoms with Crippen LogP contribution in [-0.2, 0) is 19.1 Å². The van der Waals surface area contributed by atoms with E-state index >= 15 is 0 Å². The summed E-state index contributed by atoms with van der Waals surface area (Å²) in [7, 11) is 1.32. The van der Waals surface area contributed by atoms with Gasteiger partial charge in [-0.3, -0.25) is 4.79 Å². The molecule has 1 aromatic carbocycles. The first kappa shape index (κ1) is 15.9. The van der Waals surface area contributed by atoms with Gasteiger partial charge in [0, 0.05) is 11.4 Å². The lowest BCUT2D eigenvalue weighted by Crippen LogP contribution is -2.49. The van der Waals surface area contributed by atoms with Crippen molar-refractivity contribution in [2.75, 3.05) is 32.6 Å². The molecule has 1 aromatic rings. The quantitative estimate of drug-likeness (QED) is 0.623. The van der Waals surface area contributed by atoms with E-state index in [1.54, 1.807) is 4.90 Å². The monoisotopic (exact) mass is 309 g/mol. The number of nitrogens with zero attached hydrogens (tertiary/aromatic N) is 1. The molecule has 1 unspecified atom stereocenters. The molecule has 0 aliphatic carbocycles. The molecule has 0 aromatic heterocycles. The summed E-state index contributed by atoms with van der Waals surface area (Å²) < 4.78 is 9.96. The smallest absolute Gasteiger partial charge is 0.336 e. The number of ether oxygens (including phenoxy) is 2. The number of carbonyl (C=O) groups excluding carboxylic acids is 2. The largest absolute Gasteiger partial charge is 0.467 e. The molecule has 0 spiro atoms. The van der Waals surface area contributed by atoms with Crippen molar-refractivity contribution in [3.63, 3.8) is 0 Å². The van der Waals surface area contributed by atoms with Crippen LogP contribution in [0, 0.1) is 6.92 Å². The third-order valence-electron chi connectivity index (χ3n) is 3.27. The van der Waals surface area contributed by atoms with Gasteiger partial charge < -0.3 is 14.4 Å². The van der Waals surface area contributed by atoms with Crippen molar-refractivity contribution in [2.45, 2.75) is 17.9 Å². The minimum atomic E-state index is -0.669. The van der Waals surface area contributed by atoms with Gasteiger partial charge in [0.05, 0.1) is 26.0 Å². The van der Waals surface area contributed by atoms with Crippen molar-refractivity contribution < 1.29 is 19.1 Å². The lowest BCUT2D eigenvalue weighted by Gasteiger charge is -2.31. The van der Waals surface area contributed by atoms with Gasteiger partial charge in [0.1, 0.15) is 0 Å². The van der Waals surface area contributed by atoms with Gasteiger partial charge in [0.15, 0.2) is 6.10 Å². The number of carbonyl (C=O) groups is 2. The Balaban J connectivity index is 1.85. The highest BCUT2D eigenvalue weighted by molar-refractivity contribution is 8.00. The summed E-state index contributed by atoms with van der Waals surface area (Å²) in [4.78, 5) is 26.4. The van der Waals surface area contributed by atoms with Crippen LogP contribution < -0.4 is 0 Å². The molecule has 114 valence electrons. The molecule has 0 radical (unpaired) electrons. The van der Waals surface area contributed by atoms with Crippen LogP contribution in [0.25, 0.3) is 0 Å². The molecule has 1 atom stereocenters. The van der Waals surface area contributed by atoms with Crippen LogP contribution in [0.1, 0.15) is 5.56 Å². The standard InChI is InChI=1S/C15H19NO4S/c1-11-3-5-12(6-4-11)21-10-14(17)16-7-8-20-13(9-16)15(18)19-2/h3-6,13H,7-10H2,1-2H3. The van der Waals surface area contributed by atoms with E-state index in [1.807, 2.05) is 31.2 Å². The Morgan fingerprint density at radius 1 is 1.38 bits per heavy atom. The zero-order valence-corrected chi connectivity index (χ0v) is 13.0. The summed E-state index contributed by atoms with van der Waals surface area (Å²) in [5.74, 6) is -0.0619. The Morgan fingerprint density at radius 3 is 2.76 bits per heavy atom. The van der Waals surface area contributed by atoms with Crippen LogP contribution in [0.2, 0.25) is 0 Å². The maximum atomic E-state index is 12.2. The summed E-state index contributed by atoms with van der Waals surface area (Å²) in [6, 6.07) is 8.05. The van der Waals surface area contributed by atoms with E-state index in [0.29, 0.717) is 18.9 Å². The van der Waals surface area contributed by atoms with E-state index in [-0.39, 0.29) is 12.5 Å². The number of amides is 1. The minimum absolute atomic E-state index is 0.0118. The summed E-state index contributed by atoms with van der Waals surface area (Å²) in [6.07, 6.45) is -0.669.